The Morgan fingerprint density at radius 3 is 2.37 bits per heavy atom. The number of amides is 2. The molecule has 1 heterocycles. The normalized spacial score (nSPS) is 15.7. The van der Waals surface area contributed by atoms with E-state index in [2.05, 4.69) is 5.32 Å². The first-order valence-electron chi connectivity index (χ1n) is 8.77. The van der Waals surface area contributed by atoms with Crippen molar-refractivity contribution in [2.75, 3.05) is 44.6 Å². The number of alkyl halides is 3. The Bertz CT molecular complexity index is 657. The summed E-state index contributed by atoms with van der Waals surface area (Å²) in [7, 11) is 0. The molecular weight excluding hydrogens is 363 g/mol. The van der Waals surface area contributed by atoms with E-state index < -0.39 is 17.6 Å². The Hall–Kier alpha value is -2.29. The number of piperazine rings is 1. The highest BCUT2D eigenvalue weighted by molar-refractivity contribution is 5.93. The molecule has 0 spiro atoms. The average molecular weight is 387 g/mol. The molecule has 1 aliphatic rings. The van der Waals surface area contributed by atoms with Gasteiger partial charge in [-0.15, -0.1) is 0 Å². The number of ether oxygens (including phenoxy) is 1. The van der Waals surface area contributed by atoms with Gasteiger partial charge in [0.15, 0.2) is 0 Å². The van der Waals surface area contributed by atoms with E-state index in [1.807, 2.05) is 13.8 Å². The van der Waals surface area contributed by atoms with Gasteiger partial charge in [-0.05, 0) is 18.1 Å². The molecule has 1 fully saturated rings. The fourth-order valence-electron chi connectivity index (χ4n) is 2.65. The second kappa shape index (κ2) is 9.07. The molecule has 2 amide bonds. The minimum absolute atomic E-state index is 0.0406. The number of hydrogen-bond acceptors (Lipinski definition) is 4. The van der Waals surface area contributed by atoms with Gasteiger partial charge < -0.3 is 15.0 Å². The molecule has 1 saturated heterocycles. The van der Waals surface area contributed by atoms with Crippen LogP contribution in [0.15, 0.2) is 24.3 Å². The third-order valence-corrected chi connectivity index (χ3v) is 4.04. The summed E-state index contributed by atoms with van der Waals surface area (Å²) in [5, 5.41) is 2.33. The monoisotopic (exact) mass is 387 g/mol. The van der Waals surface area contributed by atoms with E-state index in [0.717, 1.165) is 6.07 Å². The van der Waals surface area contributed by atoms with Crippen LogP contribution < -0.4 is 5.32 Å². The standard InChI is InChI=1S/C18H24F3N3O3/c1-13(2)12-27-17(26)24-9-7-23(8-10-24)11-16(25)22-15-6-4-3-5-14(15)18(19,20)21/h3-6,13H,7-12H2,1-2H3,(H,22,25). The maximum Gasteiger partial charge on any atom is 0.418 e. The second-order valence-corrected chi connectivity index (χ2v) is 6.83. The summed E-state index contributed by atoms with van der Waals surface area (Å²) in [5.41, 5.74) is -1.14. The van der Waals surface area contributed by atoms with Gasteiger partial charge >= 0.3 is 12.3 Å². The molecule has 0 saturated carbocycles. The molecule has 1 aromatic rings. The summed E-state index contributed by atoms with van der Waals surface area (Å²) in [5.74, 6) is -0.277. The molecule has 0 aromatic heterocycles. The number of nitrogens with one attached hydrogen (secondary N) is 1. The maximum absolute atomic E-state index is 13.0. The topological polar surface area (TPSA) is 61.9 Å². The molecule has 6 nitrogen and oxygen atoms in total. The number of nitrogens with zero attached hydrogens (tertiary/aromatic N) is 2. The number of para-hydroxylation sites is 1. The van der Waals surface area contributed by atoms with Gasteiger partial charge in [-0.25, -0.2) is 4.79 Å². The Balaban J connectivity index is 1.83. The van der Waals surface area contributed by atoms with Crippen molar-refractivity contribution in [1.29, 1.82) is 0 Å². The van der Waals surface area contributed by atoms with Gasteiger partial charge in [0, 0.05) is 26.2 Å². The Kier molecular flexibility index (Phi) is 7.06. The van der Waals surface area contributed by atoms with Gasteiger partial charge in [0.25, 0.3) is 0 Å². The summed E-state index contributed by atoms with van der Waals surface area (Å²) in [4.78, 5) is 27.4. The zero-order valence-electron chi connectivity index (χ0n) is 15.4. The van der Waals surface area contributed by atoms with Crippen molar-refractivity contribution in [2.24, 2.45) is 5.92 Å². The first-order valence-corrected chi connectivity index (χ1v) is 8.77. The zero-order chi connectivity index (χ0) is 20.0. The van der Waals surface area contributed by atoms with Crippen LogP contribution in [-0.2, 0) is 15.7 Å². The Morgan fingerprint density at radius 1 is 1.15 bits per heavy atom. The predicted octanol–water partition coefficient (Wildman–Crippen LogP) is 3.05. The lowest BCUT2D eigenvalue weighted by Gasteiger charge is -2.33. The molecule has 150 valence electrons. The van der Waals surface area contributed by atoms with Crippen molar-refractivity contribution < 1.29 is 27.5 Å². The highest BCUT2D eigenvalue weighted by Crippen LogP contribution is 2.34. The van der Waals surface area contributed by atoms with Crippen molar-refractivity contribution in [2.45, 2.75) is 20.0 Å². The molecule has 0 atom stereocenters. The van der Waals surface area contributed by atoms with E-state index in [1.165, 1.54) is 18.2 Å². The third-order valence-electron chi connectivity index (χ3n) is 4.04. The van der Waals surface area contributed by atoms with Crippen LogP contribution in [0.4, 0.5) is 23.7 Å². The van der Waals surface area contributed by atoms with Crippen molar-refractivity contribution in [3.05, 3.63) is 29.8 Å². The first-order chi connectivity index (χ1) is 12.7. The van der Waals surface area contributed by atoms with E-state index in [-0.39, 0.29) is 24.2 Å². The summed E-state index contributed by atoms with van der Waals surface area (Å²) in [6.07, 6.45) is -4.92. The zero-order valence-corrected chi connectivity index (χ0v) is 15.4. The van der Waals surface area contributed by atoms with Crippen LogP contribution in [0.3, 0.4) is 0 Å². The number of halogens is 3. The molecular formula is C18H24F3N3O3. The molecule has 0 radical (unpaired) electrons. The fraction of sp³-hybridized carbons (Fsp3) is 0.556. The Labute approximate surface area is 156 Å². The highest BCUT2D eigenvalue weighted by atomic mass is 19.4. The van der Waals surface area contributed by atoms with Crippen LogP contribution >= 0.6 is 0 Å². The quantitative estimate of drug-likeness (QED) is 0.844. The van der Waals surface area contributed by atoms with Crippen LogP contribution in [0.1, 0.15) is 19.4 Å². The third kappa shape index (κ3) is 6.42. The second-order valence-electron chi connectivity index (χ2n) is 6.83. The summed E-state index contributed by atoms with van der Waals surface area (Å²) in [6, 6.07) is 4.86. The van der Waals surface area contributed by atoms with Crippen molar-refractivity contribution in [3.63, 3.8) is 0 Å². The molecule has 2 rings (SSSR count). The predicted molar refractivity (Wildman–Crippen MR) is 94.3 cm³/mol. The molecule has 0 bridgehead atoms. The van der Waals surface area contributed by atoms with Crippen LogP contribution in [0.25, 0.3) is 0 Å². The molecule has 9 heteroatoms. The SMILES string of the molecule is CC(C)COC(=O)N1CCN(CC(=O)Nc2ccccc2C(F)(F)F)CC1. The number of benzene rings is 1. The van der Waals surface area contributed by atoms with Gasteiger partial charge in [-0.1, -0.05) is 26.0 Å². The van der Waals surface area contributed by atoms with E-state index in [9.17, 15) is 22.8 Å². The smallest absolute Gasteiger partial charge is 0.418 e. The van der Waals surface area contributed by atoms with E-state index in [1.54, 1.807) is 9.80 Å². The molecule has 0 unspecified atom stereocenters. The summed E-state index contributed by atoms with van der Waals surface area (Å²) >= 11 is 0. The number of carbonyl (C=O) groups is 2. The van der Waals surface area contributed by atoms with Gasteiger partial charge in [0.1, 0.15) is 0 Å². The lowest BCUT2D eigenvalue weighted by molar-refractivity contribution is -0.137. The lowest BCUT2D eigenvalue weighted by atomic mass is 10.1. The van der Waals surface area contributed by atoms with E-state index in [4.69, 9.17) is 4.74 Å². The summed E-state index contributed by atoms with van der Waals surface area (Å²) in [6.45, 7) is 5.91. The van der Waals surface area contributed by atoms with Crippen molar-refractivity contribution in [3.8, 4) is 0 Å². The first kappa shape index (κ1) is 21.0. The molecule has 27 heavy (non-hydrogen) atoms. The van der Waals surface area contributed by atoms with Crippen LogP contribution in [0, 0.1) is 5.92 Å². The number of anilines is 1. The van der Waals surface area contributed by atoms with Crippen molar-refractivity contribution >= 4 is 17.7 Å². The fourth-order valence-corrected chi connectivity index (χ4v) is 2.65. The number of hydrogen-bond donors (Lipinski definition) is 1. The maximum atomic E-state index is 13.0. The number of rotatable bonds is 5. The van der Waals surface area contributed by atoms with Crippen molar-refractivity contribution in [1.82, 2.24) is 9.80 Å². The highest BCUT2D eigenvalue weighted by Gasteiger charge is 2.33. The summed E-state index contributed by atoms with van der Waals surface area (Å²) < 4.78 is 44.1. The van der Waals surface area contributed by atoms with Crippen LogP contribution in [0.2, 0.25) is 0 Å². The minimum atomic E-state index is -4.54. The van der Waals surface area contributed by atoms with Crippen LogP contribution in [-0.4, -0.2) is 61.1 Å². The van der Waals surface area contributed by atoms with Gasteiger partial charge in [-0.2, -0.15) is 13.2 Å². The van der Waals surface area contributed by atoms with E-state index in [0.29, 0.717) is 32.8 Å². The molecule has 1 aliphatic heterocycles. The van der Waals surface area contributed by atoms with E-state index >= 15 is 0 Å². The minimum Gasteiger partial charge on any atom is -0.449 e. The van der Waals surface area contributed by atoms with Gasteiger partial charge in [0.2, 0.25) is 5.91 Å². The number of carbonyl (C=O) groups excluding carboxylic acids is 2. The largest absolute Gasteiger partial charge is 0.449 e. The molecule has 0 aliphatic carbocycles. The molecule has 1 aromatic carbocycles. The molecule has 1 N–H and O–H groups in total. The van der Waals surface area contributed by atoms with Crippen LogP contribution in [0.5, 0.6) is 0 Å². The Morgan fingerprint density at radius 2 is 1.78 bits per heavy atom. The average Bonchev–Trinajstić information content (AvgIpc) is 2.59. The lowest BCUT2D eigenvalue weighted by Crippen LogP contribution is -2.50. The van der Waals surface area contributed by atoms with Gasteiger partial charge in [-0.3, -0.25) is 9.69 Å². The van der Waals surface area contributed by atoms with Gasteiger partial charge in [0.05, 0.1) is 24.4 Å².